The maximum absolute atomic E-state index is 13.8. The van der Waals surface area contributed by atoms with Gasteiger partial charge in [-0.3, -0.25) is 19.4 Å². The van der Waals surface area contributed by atoms with Crippen LogP contribution in [0.15, 0.2) is 78.9 Å². The van der Waals surface area contributed by atoms with Gasteiger partial charge in [-0.05, 0) is 92.3 Å². The Bertz CT molecular complexity index is 1400. The van der Waals surface area contributed by atoms with Gasteiger partial charge in [-0.15, -0.1) is 0 Å². The summed E-state index contributed by atoms with van der Waals surface area (Å²) in [6, 6.07) is 24.3. The zero-order valence-corrected chi connectivity index (χ0v) is 26.3. The van der Waals surface area contributed by atoms with Crippen molar-refractivity contribution in [2.75, 3.05) is 68.1 Å². The number of methoxy groups -OCH3 is 1. The van der Waals surface area contributed by atoms with Gasteiger partial charge in [0, 0.05) is 44.1 Å². The van der Waals surface area contributed by atoms with Gasteiger partial charge in [0.1, 0.15) is 17.5 Å². The van der Waals surface area contributed by atoms with E-state index in [-0.39, 0.29) is 18.2 Å². The molecule has 0 bridgehead atoms. The highest BCUT2D eigenvalue weighted by molar-refractivity contribution is 7.80. The van der Waals surface area contributed by atoms with Gasteiger partial charge in [-0.1, -0.05) is 25.1 Å². The monoisotopic (exact) mass is 615 g/mol. The maximum Gasteiger partial charge on any atom is 0.256 e. The smallest absolute Gasteiger partial charge is 0.256 e. The highest BCUT2D eigenvalue weighted by Gasteiger charge is 2.44. The van der Waals surface area contributed by atoms with Crippen LogP contribution < -0.4 is 24.6 Å². The van der Waals surface area contributed by atoms with Gasteiger partial charge in [0.15, 0.2) is 5.11 Å². The minimum Gasteiger partial charge on any atom is -0.497 e. The third kappa shape index (κ3) is 7.67. The van der Waals surface area contributed by atoms with E-state index in [0.717, 1.165) is 51.3 Å². The van der Waals surface area contributed by atoms with Crippen molar-refractivity contribution in [3.63, 3.8) is 0 Å². The number of carbonyl (C=O) groups is 2. The second-order valence-electron chi connectivity index (χ2n) is 11.0. The third-order valence-electron chi connectivity index (χ3n) is 8.01. The largest absolute Gasteiger partial charge is 0.497 e. The number of hydrogen-bond donors (Lipinski definition) is 1. The van der Waals surface area contributed by atoms with Crippen molar-refractivity contribution < 1.29 is 19.1 Å². The number of nitrogens with one attached hydrogen (secondary N) is 1. The zero-order valence-electron chi connectivity index (χ0n) is 25.5. The molecule has 2 heterocycles. The Balaban J connectivity index is 1.22. The first-order chi connectivity index (χ1) is 21.5. The lowest BCUT2D eigenvalue weighted by atomic mass is 10.1. The van der Waals surface area contributed by atoms with Crippen LogP contribution in [-0.2, 0) is 9.59 Å². The summed E-state index contributed by atoms with van der Waals surface area (Å²) in [7, 11) is 1.60. The van der Waals surface area contributed by atoms with Crippen molar-refractivity contribution >= 4 is 46.2 Å². The van der Waals surface area contributed by atoms with Gasteiger partial charge in [-0.2, -0.15) is 0 Å². The van der Waals surface area contributed by atoms with E-state index >= 15 is 0 Å². The SMILES string of the molecule is CCCOc1ccc(NC(=O)C[C@@H]2C(=O)N(c3ccc(OC)cc3)C(=S)N2CCCN2CCN(c3ccccc3)CC2)cc1. The van der Waals surface area contributed by atoms with E-state index in [9.17, 15) is 9.59 Å². The molecule has 3 aromatic rings. The lowest BCUT2D eigenvalue weighted by molar-refractivity contribution is -0.124. The molecule has 5 rings (SSSR count). The Morgan fingerprint density at radius 3 is 2.23 bits per heavy atom. The summed E-state index contributed by atoms with van der Waals surface area (Å²) in [6.45, 7) is 8.07. The molecule has 2 aliphatic heterocycles. The first kappa shape index (κ1) is 31.3. The number of ether oxygens (including phenoxy) is 2. The molecule has 3 aromatic carbocycles. The quantitative estimate of drug-likeness (QED) is 0.269. The molecule has 1 atom stereocenters. The van der Waals surface area contributed by atoms with Crippen LogP contribution in [0.3, 0.4) is 0 Å². The van der Waals surface area contributed by atoms with Crippen molar-refractivity contribution in [2.45, 2.75) is 32.2 Å². The predicted molar refractivity (Wildman–Crippen MR) is 179 cm³/mol. The van der Waals surface area contributed by atoms with E-state index in [0.29, 0.717) is 35.4 Å². The van der Waals surface area contributed by atoms with Crippen LogP contribution in [0, 0.1) is 0 Å². The summed E-state index contributed by atoms with van der Waals surface area (Å²) in [5, 5.41) is 3.36. The summed E-state index contributed by atoms with van der Waals surface area (Å²) in [6.07, 6.45) is 1.74. The van der Waals surface area contributed by atoms with Crippen LogP contribution in [0.5, 0.6) is 11.5 Å². The number of thiocarbonyl (C=S) groups is 1. The molecule has 44 heavy (non-hydrogen) atoms. The number of hydrogen-bond acceptors (Lipinski definition) is 7. The molecule has 2 fully saturated rings. The second kappa shape index (κ2) is 15.0. The lowest BCUT2D eigenvalue weighted by Crippen LogP contribution is -2.47. The van der Waals surface area contributed by atoms with Crippen molar-refractivity contribution in [3.8, 4) is 11.5 Å². The first-order valence-electron chi connectivity index (χ1n) is 15.3. The molecule has 0 spiro atoms. The van der Waals surface area contributed by atoms with Crippen LogP contribution in [-0.4, -0.2) is 85.8 Å². The van der Waals surface area contributed by atoms with Crippen LogP contribution in [0.4, 0.5) is 17.1 Å². The number of benzene rings is 3. The van der Waals surface area contributed by atoms with Gasteiger partial charge in [0.25, 0.3) is 5.91 Å². The van der Waals surface area contributed by atoms with Crippen LogP contribution in [0.2, 0.25) is 0 Å². The van der Waals surface area contributed by atoms with Gasteiger partial charge in [-0.25, -0.2) is 0 Å². The number of anilines is 3. The molecule has 0 aromatic heterocycles. The number of amides is 2. The van der Waals surface area contributed by atoms with Crippen LogP contribution in [0.1, 0.15) is 26.2 Å². The summed E-state index contributed by atoms with van der Waals surface area (Å²) in [4.78, 5) is 35.3. The fraction of sp³-hybridized carbons (Fsp3) is 0.382. The molecule has 2 saturated heterocycles. The predicted octanol–water partition coefficient (Wildman–Crippen LogP) is 5.03. The Kier molecular flexibility index (Phi) is 10.7. The number of carbonyl (C=O) groups excluding carboxylic acids is 2. The van der Waals surface area contributed by atoms with E-state index in [1.54, 1.807) is 24.1 Å². The normalized spacial score (nSPS) is 17.2. The van der Waals surface area contributed by atoms with Crippen molar-refractivity contribution in [3.05, 3.63) is 78.9 Å². The molecule has 10 heteroatoms. The second-order valence-corrected chi connectivity index (χ2v) is 11.4. The number of nitrogens with zero attached hydrogens (tertiary/aromatic N) is 4. The standard InChI is InChI=1S/C34H41N5O4S/c1-3-24-43-30-14-10-26(11-15-30)35-32(40)25-31-33(41)39(28-12-16-29(42-2)17-13-28)34(44)38(31)19-7-18-36-20-22-37(23-21-36)27-8-5-4-6-9-27/h4-6,8-17,31H,3,7,18-25H2,1-2H3,(H,35,40)/t31-/m1/s1. The molecular formula is C34H41N5O4S. The van der Waals surface area contributed by atoms with E-state index in [1.807, 2.05) is 47.4 Å². The van der Waals surface area contributed by atoms with Crippen molar-refractivity contribution in [1.29, 1.82) is 0 Å². The molecule has 0 aliphatic carbocycles. The lowest BCUT2D eigenvalue weighted by Gasteiger charge is -2.36. The van der Waals surface area contributed by atoms with E-state index in [2.05, 4.69) is 46.3 Å². The van der Waals surface area contributed by atoms with Gasteiger partial charge < -0.3 is 24.6 Å². The molecule has 232 valence electrons. The molecule has 0 unspecified atom stereocenters. The Morgan fingerprint density at radius 1 is 0.886 bits per heavy atom. The average molecular weight is 616 g/mol. The van der Waals surface area contributed by atoms with Crippen LogP contribution in [0.25, 0.3) is 0 Å². The Hall–Kier alpha value is -4.15. The maximum atomic E-state index is 13.8. The summed E-state index contributed by atoms with van der Waals surface area (Å²) < 4.78 is 10.9. The first-order valence-corrected chi connectivity index (χ1v) is 15.7. The van der Waals surface area contributed by atoms with Crippen LogP contribution >= 0.6 is 12.2 Å². The third-order valence-corrected chi connectivity index (χ3v) is 8.42. The summed E-state index contributed by atoms with van der Waals surface area (Å²) >= 11 is 5.86. The Morgan fingerprint density at radius 2 is 1.57 bits per heavy atom. The van der Waals surface area contributed by atoms with Crippen molar-refractivity contribution in [1.82, 2.24) is 9.80 Å². The molecule has 0 saturated carbocycles. The van der Waals surface area contributed by atoms with Gasteiger partial charge in [0.05, 0.1) is 25.8 Å². The number of piperazine rings is 1. The highest BCUT2D eigenvalue weighted by Crippen LogP contribution is 2.29. The highest BCUT2D eigenvalue weighted by atomic mass is 32.1. The summed E-state index contributed by atoms with van der Waals surface area (Å²) in [5.41, 5.74) is 2.57. The molecule has 9 nitrogen and oxygen atoms in total. The number of rotatable bonds is 13. The van der Waals surface area contributed by atoms with Gasteiger partial charge in [0.2, 0.25) is 5.91 Å². The molecule has 2 amide bonds. The van der Waals surface area contributed by atoms with E-state index in [4.69, 9.17) is 21.7 Å². The molecule has 2 aliphatic rings. The minimum atomic E-state index is -0.688. The summed E-state index contributed by atoms with van der Waals surface area (Å²) in [5.74, 6) is 1.00. The Labute approximate surface area is 265 Å². The molecule has 1 N–H and O–H groups in total. The van der Waals surface area contributed by atoms with Crippen molar-refractivity contribution in [2.24, 2.45) is 0 Å². The van der Waals surface area contributed by atoms with Gasteiger partial charge >= 0.3 is 0 Å². The fourth-order valence-electron chi connectivity index (χ4n) is 5.63. The zero-order chi connectivity index (χ0) is 30.9. The number of para-hydroxylation sites is 1. The minimum absolute atomic E-state index is 0.00450. The average Bonchev–Trinajstić information content (AvgIpc) is 3.29. The molecule has 0 radical (unpaired) electrons. The molecular weight excluding hydrogens is 574 g/mol. The fourth-order valence-corrected chi connectivity index (χ4v) is 6.05. The van der Waals surface area contributed by atoms with E-state index in [1.165, 1.54) is 5.69 Å². The van der Waals surface area contributed by atoms with E-state index < -0.39 is 6.04 Å². The topological polar surface area (TPSA) is 77.6 Å².